The number of benzene rings is 2. The van der Waals surface area contributed by atoms with Gasteiger partial charge in [0.1, 0.15) is 0 Å². The van der Waals surface area contributed by atoms with Crippen molar-refractivity contribution in [3.63, 3.8) is 0 Å². The van der Waals surface area contributed by atoms with Crippen LogP contribution in [-0.4, -0.2) is 37.0 Å². The van der Waals surface area contributed by atoms with Crippen LogP contribution in [0.4, 0.5) is 11.4 Å². The Kier molecular flexibility index (Phi) is 7.41. The summed E-state index contributed by atoms with van der Waals surface area (Å²) in [6, 6.07) is 11.2. The van der Waals surface area contributed by atoms with Crippen LogP contribution in [-0.2, 0) is 9.53 Å². The Morgan fingerprint density at radius 3 is 2.48 bits per heavy atom. The van der Waals surface area contributed by atoms with Crippen molar-refractivity contribution in [2.45, 2.75) is 46.6 Å². The number of amides is 2. The number of hydrogen-bond donors (Lipinski definition) is 3. The van der Waals surface area contributed by atoms with Gasteiger partial charge in [-0.3, -0.25) is 14.9 Å². The Labute approximate surface area is 183 Å². The molecule has 2 aromatic carbocycles. The molecule has 0 unspecified atom stereocenters. The van der Waals surface area contributed by atoms with Gasteiger partial charge in [-0.05, 0) is 74.6 Å². The molecule has 7 heteroatoms. The lowest BCUT2D eigenvalue weighted by Gasteiger charge is -2.15. The third-order valence-electron chi connectivity index (χ3n) is 5.29. The highest BCUT2D eigenvalue weighted by molar-refractivity contribution is 6.10. The van der Waals surface area contributed by atoms with Gasteiger partial charge in [0, 0.05) is 30.5 Å². The van der Waals surface area contributed by atoms with Crippen molar-refractivity contribution in [2.75, 3.05) is 23.8 Å². The first-order chi connectivity index (χ1) is 14.8. The number of carbonyl (C=O) groups is 2. The molecule has 7 nitrogen and oxygen atoms in total. The highest BCUT2D eigenvalue weighted by Gasteiger charge is 2.17. The molecule has 3 rings (SSSR count). The number of hydrogen-bond acceptors (Lipinski definition) is 4. The summed E-state index contributed by atoms with van der Waals surface area (Å²) < 4.78 is 5.66. The van der Waals surface area contributed by atoms with E-state index in [1.807, 2.05) is 32.0 Å². The average molecular weight is 423 g/mol. The lowest BCUT2D eigenvalue weighted by Crippen LogP contribution is -2.36. The Morgan fingerprint density at radius 1 is 1.03 bits per heavy atom. The van der Waals surface area contributed by atoms with Crippen LogP contribution in [0.2, 0.25) is 0 Å². The Morgan fingerprint density at radius 2 is 1.81 bits per heavy atom. The number of nitrogens with zero attached hydrogens (tertiary/aromatic N) is 1. The zero-order valence-electron chi connectivity index (χ0n) is 18.5. The fourth-order valence-electron chi connectivity index (χ4n) is 3.31. The van der Waals surface area contributed by atoms with Crippen LogP contribution in [0.5, 0.6) is 0 Å². The molecule has 1 atom stereocenters. The molecule has 0 radical (unpaired) electrons. The quantitative estimate of drug-likeness (QED) is 0.503. The fourth-order valence-corrected chi connectivity index (χ4v) is 3.31. The largest absolute Gasteiger partial charge is 0.376 e. The maximum Gasteiger partial charge on any atom is 0.258 e. The number of anilines is 2. The standard InChI is InChI=1S/C24H30N4O3/c1-15-8-10-20(12-17(15)3)27-24(25-14-21-6-5-11-31-21)28-23(30)19-9-7-16(2)22(13-19)26-18(4)29/h7-10,12-13,21H,5-6,11,14H2,1-4H3,(H,26,29)(H2,25,27,28,30)/t21-/m1/s1. The number of aryl methyl sites for hydroxylation is 3. The number of nitrogens with one attached hydrogen (secondary N) is 3. The van der Waals surface area contributed by atoms with E-state index in [4.69, 9.17) is 4.74 Å². The van der Waals surface area contributed by atoms with E-state index in [0.29, 0.717) is 23.8 Å². The van der Waals surface area contributed by atoms with Crippen molar-refractivity contribution < 1.29 is 14.3 Å². The van der Waals surface area contributed by atoms with E-state index in [9.17, 15) is 9.59 Å². The number of guanidine groups is 1. The van der Waals surface area contributed by atoms with Gasteiger partial charge in [-0.2, -0.15) is 0 Å². The molecule has 2 amide bonds. The van der Waals surface area contributed by atoms with Crippen LogP contribution >= 0.6 is 0 Å². The minimum Gasteiger partial charge on any atom is -0.376 e. The second-order valence-corrected chi connectivity index (χ2v) is 7.91. The predicted octanol–water partition coefficient (Wildman–Crippen LogP) is 3.95. The summed E-state index contributed by atoms with van der Waals surface area (Å²) in [5.74, 6) is -0.129. The van der Waals surface area contributed by atoms with Gasteiger partial charge in [-0.15, -0.1) is 0 Å². The zero-order valence-corrected chi connectivity index (χ0v) is 18.5. The highest BCUT2D eigenvalue weighted by atomic mass is 16.5. The monoisotopic (exact) mass is 422 g/mol. The van der Waals surface area contributed by atoms with Crippen molar-refractivity contribution in [3.8, 4) is 0 Å². The summed E-state index contributed by atoms with van der Waals surface area (Å²) in [4.78, 5) is 29.0. The number of rotatable bonds is 5. The van der Waals surface area contributed by atoms with Crippen LogP contribution in [0.1, 0.15) is 46.8 Å². The minimum atomic E-state index is -0.311. The molecular weight excluding hydrogens is 392 g/mol. The molecule has 0 spiro atoms. The van der Waals surface area contributed by atoms with E-state index in [2.05, 4.69) is 27.9 Å². The first kappa shape index (κ1) is 22.5. The molecule has 0 saturated carbocycles. The van der Waals surface area contributed by atoms with E-state index in [1.165, 1.54) is 12.5 Å². The van der Waals surface area contributed by atoms with Gasteiger partial charge in [-0.1, -0.05) is 12.1 Å². The molecule has 3 N–H and O–H groups in total. The third-order valence-corrected chi connectivity index (χ3v) is 5.29. The molecule has 1 heterocycles. The lowest BCUT2D eigenvalue weighted by molar-refractivity contribution is -0.114. The third kappa shape index (κ3) is 6.39. The molecule has 1 aliphatic heterocycles. The minimum absolute atomic E-state index is 0.0687. The van der Waals surface area contributed by atoms with Gasteiger partial charge in [-0.25, -0.2) is 4.99 Å². The van der Waals surface area contributed by atoms with E-state index < -0.39 is 0 Å². The summed E-state index contributed by atoms with van der Waals surface area (Å²) in [7, 11) is 0. The van der Waals surface area contributed by atoms with Crippen LogP contribution < -0.4 is 16.0 Å². The van der Waals surface area contributed by atoms with Crippen molar-refractivity contribution in [3.05, 3.63) is 58.7 Å². The molecule has 0 bridgehead atoms. The molecule has 1 saturated heterocycles. The van der Waals surface area contributed by atoms with Gasteiger partial charge in [0.05, 0.1) is 12.6 Å². The van der Waals surface area contributed by atoms with Gasteiger partial charge in [0.2, 0.25) is 11.9 Å². The smallest absolute Gasteiger partial charge is 0.258 e. The molecule has 164 valence electrons. The Balaban J connectivity index is 1.79. The first-order valence-electron chi connectivity index (χ1n) is 10.5. The summed E-state index contributed by atoms with van der Waals surface area (Å²) in [5.41, 5.74) is 5.11. The summed E-state index contributed by atoms with van der Waals surface area (Å²) in [6.07, 6.45) is 2.06. The maximum atomic E-state index is 12.9. The van der Waals surface area contributed by atoms with Gasteiger partial charge >= 0.3 is 0 Å². The summed E-state index contributed by atoms with van der Waals surface area (Å²) >= 11 is 0. The molecule has 0 aliphatic carbocycles. The molecule has 31 heavy (non-hydrogen) atoms. The second-order valence-electron chi connectivity index (χ2n) is 7.91. The number of ether oxygens (including phenoxy) is 1. The van der Waals surface area contributed by atoms with E-state index >= 15 is 0 Å². The van der Waals surface area contributed by atoms with Crippen LogP contribution in [0.15, 0.2) is 41.4 Å². The summed E-state index contributed by atoms with van der Waals surface area (Å²) in [6.45, 7) is 8.63. The SMILES string of the molecule is CC(=O)Nc1cc(C(=O)NC(=NC[C@H]2CCCO2)Nc2ccc(C)c(C)c2)ccc1C. The van der Waals surface area contributed by atoms with Crippen LogP contribution in [0.3, 0.4) is 0 Å². The fraction of sp³-hybridized carbons (Fsp3) is 0.375. The van der Waals surface area contributed by atoms with Gasteiger partial charge in [0.25, 0.3) is 5.91 Å². The topological polar surface area (TPSA) is 91.8 Å². The molecule has 2 aromatic rings. The van der Waals surface area contributed by atoms with Crippen LogP contribution in [0, 0.1) is 20.8 Å². The van der Waals surface area contributed by atoms with E-state index in [1.54, 1.807) is 18.2 Å². The van der Waals surface area contributed by atoms with Crippen molar-refractivity contribution >= 4 is 29.1 Å². The molecule has 1 fully saturated rings. The highest BCUT2D eigenvalue weighted by Crippen LogP contribution is 2.18. The van der Waals surface area contributed by atoms with E-state index in [-0.39, 0.29) is 17.9 Å². The lowest BCUT2D eigenvalue weighted by atomic mass is 10.1. The Hall–Kier alpha value is -3.19. The number of aliphatic imine (C=N–C) groups is 1. The molecule has 0 aromatic heterocycles. The number of carbonyl (C=O) groups excluding carboxylic acids is 2. The normalized spacial score (nSPS) is 16.1. The summed E-state index contributed by atoms with van der Waals surface area (Å²) in [5, 5.41) is 8.85. The van der Waals surface area contributed by atoms with Crippen molar-refractivity contribution in [1.29, 1.82) is 0 Å². The molecule has 1 aliphatic rings. The van der Waals surface area contributed by atoms with Crippen molar-refractivity contribution in [1.82, 2.24) is 5.32 Å². The maximum absolute atomic E-state index is 12.9. The first-order valence-corrected chi connectivity index (χ1v) is 10.5. The second kappa shape index (κ2) is 10.2. The zero-order chi connectivity index (χ0) is 22.4. The van der Waals surface area contributed by atoms with Crippen molar-refractivity contribution in [2.24, 2.45) is 4.99 Å². The molecular formula is C24H30N4O3. The van der Waals surface area contributed by atoms with Crippen LogP contribution in [0.25, 0.3) is 0 Å². The van der Waals surface area contributed by atoms with E-state index in [0.717, 1.165) is 36.3 Å². The predicted molar refractivity (Wildman–Crippen MR) is 124 cm³/mol. The van der Waals surface area contributed by atoms with Gasteiger partial charge < -0.3 is 15.4 Å². The van der Waals surface area contributed by atoms with Gasteiger partial charge in [0.15, 0.2) is 0 Å². The average Bonchev–Trinajstić information content (AvgIpc) is 3.24. The Bertz CT molecular complexity index is 994.